The summed E-state index contributed by atoms with van der Waals surface area (Å²) in [6.45, 7) is 1.77. The van der Waals surface area contributed by atoms with Crippen LogP contribution < -0.4 is 14.5 Å². The van der Waals surface area contributed by atoms with Crippen LogP contribution in [0.15, 0.2) is 59.7 Å². The van der Waals surface area contributed by atoms with Crippen molar-refractivity contribution in [3.8, 4) is 5.75 Å². The van der Waals surface area contributed by atoms with Gasteiger partial charge in [0.05, 0.1) is 24.8 Å². The number of nitrogens with one attached hydrogen (secondary N) is 1. The largest absolute Gasteiger partial charge is 0.492 e. The lowest BCUT2D eigenvalue weighted by atomic mass is 10.0. The van der Waals surface area contributed by atoms with Crippen LogP contribution in [0.25, 0.3) is 10.8 Å². The minimum atomic E-state index is -3.72. The van der Waals surface area contributed by atoms with Gasteiger partial charge in [-0.2, -0.15) is 5.10 Å². The lowest BCUT2D eigenvalue weighted by Crippen LogP contribution is -2.39. The van der Waals surface area contributed by atoms with Crippen LogP contribution in [0.2, 0.25) is 0 Å². The number of hydrogen-bond acceptors (Lipinski definition) is 5. The maximum absolute atomic E-state index is 12.5. The Morgan fingerprint density at radius 3 is 2.59 bits per heavy atom. The molecule has 3 aromatic rings. The Labute approximate surface area is 187 Å². The standard InChI is InChI=1S/C24H25N3O4S/c1-3-31-22-10-5-4-9-21(22)27(32(2,29)30)16-23(28)26-25-15-19-14-13-18-12-11-17-7-6-8-20(19)24(17)18/h4-10,13-15H,3,11-12,16H2,1-2H3,(H,26,28)/b25-15-. The Balaban J connectivity index is 1.52. The Kier molecular flexibility index (Phi) is 6.14. The molecule has 7 nitrogen and oxygen atoms in total. The second-order valence-corrected chi connectivity index (χ2v) is 9.52. The molecule has 0 bridgehead atoms. The number of ether oxygens (including phenoxy) is 1. The van der Waals surface area contributed by atoms with Gasteiger partial charge < -0.3 is 4.74 Å². The van der Waals surface area contributed by atoms with Crippen LogP contribution in [0.4, 0.5) is 5.69 Å². The summed E-state index contributed by atoms with van der Waals surface area (Å²) in [7, 11) is -3.72. The molecule has 0 unspecified atom stereocenters. The van der Waals surface area contributed by atoms with E-state index in [1.807, 2.05) is 25.1 Å². The summed E-state index contributed by atoms with van der Waals surface area (Å²) in [5, 5.41) is 6.44. The molecule has 1 aliphatic rings. The quantitative estimate of drug-likeness (QED) is 0.421. The van der Waals surface area contributed by atoms with Gasteiger partial charge >= 0.3 is 0 Å². The third-order valence-electron chi connectivity index (χ3n) is 5.42. The van der Waals surface area contributed by atoms with E-state index in [1.54, 1.807) is 30.5 Å². The second kappa shape index (κ2) is 9.00. The number of aryl methyl sites for hydroxylation is 2. The fourth-order valence-electron chi connectivity index (χ4n) is 4.04. The lowest BCUT2D eigenvalue weighted by Gasteiger charge is -2.23. The van der Waals surface area contributed by atoms with Gasteiger partial charge in [0.2, 0.25) is 10.0 Å². The molecule has 0 spiro atoms. The first-order valence-electron chi connectivity index (χ1n) is 10.4. The first-order valence-corrected chi connectivity index (χ1v) is 12.3. The highest BCUT2D eigenvalue weighted by molar-refractivity contribution is 7.92. The number of para-hydroxylation sites is 2. The number of anilines is 1. The van der Waals surface area contributed by atoms with Crippen molar-refractivity contribution < 1.29 is 17.9 Å². The van der Waals surface area contributed by atoms with Crippen molar-refractivity contribution in [3.63, 3.8) is 0 Å². The topological polar surface area (TPSA) is 88.1 Å². The molecule has 0 heterocycles. The zero-order valence-corrected chi connectivity index (χ0v) is 18.9. The van der Waals surface area contributed by atoms with E-state index in [1.165, 1.54) is 16.5 Å². The lowest BCUT2D eigenvalue weighted by molar-refractivity contribution is -0.119. The number of amides is 1. The molecule has 166 valence electrons. The van der Waals surface area contributed by atoms with Gasteiger partial charge in [-0.05, 0) is 53.8 Å². The summed E-state index contributed by atoms with van der Waals surface area (Å²) in [5.74, 6) is -0.159. The van der Waals surface area contributed by atoms with Crippen molar-refractivity contribution in [1.29, 1.82) is 0 Å². The van der Waals surface area contributed by atoms with Gasteiger partial charge in [-0.25, -0.2) is 13.8 Å². The van der Waals surface area contributed by atoms with Gasteiger partial charge in [0.25, 0.3) is 5.91 Å². The van der Waals surface area contributed by atoms with E-state index in [2.05, 4.69) is 22.7 Å². The summed E-state index contributed by atoms with van der Waals surface area (Å²) in [6, 6.07) is 17.0. The first kappa shape index (κ1) is 21.8. The van der Waals surface area contributed by atoms with Gasteiger partial charge in [0, 0.05) is 5.56 Å². The molecule has 0 atom stereocenters. The van der Waals surface area contributed by atoms with E-state index in [9.17, 15) is 13.2 Å². The number of sulfonamides is 1. The summed E-state index contributed by atoms with van der Waals surface area (Å²) >= 11 is 0. The van der Waals surface area contributed by atoms with Crippen molar-refractivity contribution in [2.45, 2.75) is 19.8 Å². The summed E-state index contributed by atoms with van der Waals surface area (Å²) < 4.78 is 31.3. The molecule has 0 aliphatic heterocycles. The number of carbonyl (C=O) groups is 1. The van der Waals surface area contributed by atoms with Crippen molar-refractivity contribution in [2.75, 3.05) is 23.7 Å². The number of rotatable bonds is 8. The molecular formula is C24H25N3O4S. The predicted octanol–water partition coefficient (Wildman–Crippen LogP) is 3.25. The second-order valence-electron chi connectivity index (χ2n) is 7.62. The van der Waals surface area contributed by atoms with Crippen LogP contribution in [0, 0.1) is 0 Å². The Bertz CT molecular complexity index is 1290. The smallest absolute Gasteiger partial charge is 0.260 e. The van der Waals surface area contributed by atoms with Gasteiger partial charge in [-0.15, -0.1) is 0 Å². The molecule has 0 saturated carbocycles. The number of hydrogen-bond donors (Lipinski definition) is 1. The predicted molar refractivity (Wildman–Crippen MR) is 127 cm³/mol. The number of nitrogens with zero attached hydrogens (tertiary/aromatic N) is 2. The van der Waals surface area contributed by atoms with Crippen molar-refractivity contribution in [1.82, 2.24) is 5.43 Å². The van der Waals surface area contributed by atoms with Crippen LogP contribution in [0.5, 0.6) is 5.75 Å². The highest BCUT2D eigenvalue weighted by Gasteiger charge is 2.23. The molecule has 32 heavy (non-hydrogen) atoms. The molecule has 8 heteroatoms. The Hall–Kier alpha value is -3.39. The van der Waals surface area contributed by atoms with E-state index < -0.39 is 22.5 Å². The highest BCUT2D eigenvalue weighted by atomic mass is 32.2. The molecular weight excluding hydrogens is 426 g/mol. The highest BCUT2D eigenvalue weighted by Crippen LogP contribution is 2.32. The van der Waals surface area contributed by atoms with E-state index in [0.717, 1.165) is 34.4 Å². The molecule has 0 fully saturated rings. The first-order chi connectivity index (χ1) is 15.4. The van der Waals surface area contributed by atoms with Gasteiger partial charge in [0.15, 0.2) is 0 Å². The van der Waals surface area contributed by atoms with Crippen LogP contribution >= 0.6 is 0 Å². The molecule has 0 radical (unpaired) electrons. The van der Waals surface area contributed by atoms with Gasteiger partial charge in [0.1, 0.15) is 12.3 Å². The number of carbonyl (C=O) groups excluding carboxylic acids is 1. The van der Waals surface area contributed by atoms with Crippen molar-refractivity contribution in [3.05, 3.63) is 71.3 Å². The average molecular weight is 452 g/mol. The third kappa shape index (κ3) is 4.45. The SMILES string of the molecule is CCOc1ccccc1N(CC(=O)N/N=C\c1ccc2c3c(cccc13)CC2)S(C)(=O)=O. The molecule has 3 aromatic carbocycles. The molecule has 4 rings (SSSR count). The Morgan fingerprint density at radius 1 is 1.09 bits per heavy atom. The van der Waals surface area contributed by atoms with Crippen molar-refractivity contribution in [2.24, 2.45) is 5.10 Å². The monoisotopic (exact) mass is 451 g/mol. The van der Waals surface area contributed by atoms with E-state index in [0.29, 0.717) is 18.0 Å². The van der Waals surface area contributed by atoms with E-state index in [4.69, 9.17) is 4.74 Å². The van der Waals surface area contributed by atoms with Crippen molar-refractivity contribution >= 4 is 38.6 Å². The van der Waals surface area contributed by atoms with Crippen LogP contribution in [-0.4, -0.2) is 39.9 Å². The molecule has 1 amide bonds. The van der Waals surface area contributed by atoms with Gasteiger partial charge in [-0.1, -0.05) is 42.5 Å². The summed E-state index contributed by atoms with van der Waals surface area (Å²) in [6.07, 6.45) is 4.72. The normalized spacial score (nSPS) is 12.9. The minimum Gasteiger partial charge on any atom is -0.492 e. The maximum atomic E-state index is 12.5. The summed E-state index contributed by atoms with van der Waals surface area (Å²) in [4.78, 5) is 12.5. The van der Waals surface area contributed by atoms with Crippen LogP contribution in [0.3, 0.4) is 0 Å². The zero-order chi connectivity index (χ0) is 22.7. The van der Waals surface area contributed by atoms with E-state index >= 15 is 0 Å². The fraction of sp³-hybridized carbons (Fsp3) is 0.250. The fourth-order valence-corrected chi connectivity index (χ4v) is 4.90. The molecule has 1 aliphatic carbocycles. The number of hydrazone groups is 1. The minimum absolute atomic E-state index is 0.309. The number of benzene rings is 3. The van der Waals surface area contributed by atoms with E-state index in [-0.39, 0.29) is 0 Å². The van der Waals surface area contributed by atoms with Crippen LogP contribution in [-0.2, 0) is 27.7 Å². The maximum Gasteiger partial charge on any atom is 0.260 e. The molecule has 0 saturated heterocycles. The average Bonchev–Trinajstić information content (AvgIpc) is 3.18. The van der Waals surface area contributed by atoms with Gasteiger partial charge in [-0.3, -0.25) is 9.10 Å². The third-order valence-corrected chi connectivity index (χ3v) is 6.55. The Morgan fingerprint density at radius 2 is 1.84 bits per heavy atom. The molecule has 0 aromatic heterocycles. The zero-order valence-electron chi connectivity index (χ0n) is 18.0. The summed E-state index contributed by atoms with van der Waals surface area (Å²) in [5.41, 5.74) is 6.31. The van der Waals surface area contributed by atoms with Crippen LogP contribution in [0.1, 0.15) is 23.6 Å². The molecule has 1 N–H and O–H groups in total.